The van der Waals surface area contributed by atoms with E-state index in [0.29, 0.717) is 10.6 Å². The molecular formula is C12H13N5O3S. The highest BCUT2D eigenvalue weighted by atomic mass is 32.1. The van der Waals surface area contributed by atoms with Gasteiger partial charge in [-0.15, -0.1) is 21.5 Å². The lowest BCUT2D eigenvalue weighted by Gasteiger charge is -2.11. The van der Waals surface area contributed by atoms with Crippen LogP contribution in [-0.2, 0) is 17.6 Å². The van der Waals surface area contributed by atoms with E-state index in [4.69, 9.17) is 4.74 Å². The molecular weight excluding hydrogens is 294 g/mol. The maximum Gasteiger partial charge on any atom is 0.341 e. The van der Waals surface area contributed by atoms with Gasteiger partial charge in [0.05, 0.1) is 12.7 Å². The summed E-state index contributed by atoms with van der Waals surface area (Å²) in [5.41, 5.74) is 1.44. The number of nitrogens with zero attached hydrogens (tertiary/aromatic N) is 3. The normalized spacial score (nSPS) is 13.6. The molecule has 0 unspecified atom stereocenters. The van der Waals surface area contributed by atoms with E-state index in [9.17, 15) is 9.59 Å². The van der Waals surface area contributed by atoms with Crippen molar-refractivity contribution >= 4 is 28.2 Å². The van der Waals surface area contributed by atoms with Gasteiger partial charge in [-0.25, -0.2) is 4.79 Å². The van der Waals surface area contributed by atoms with Gasteiger partial charge >= 0.3 is 5.97 Å². The number of ether oxygens (including phenoxy) is 1. The maximum atomic E-state index is 12.0. The number of carbonyl (C=O) groups is 2. The van der Waals surface area contributed by atoms with Crippen molar-refractivity contribution in [1.82, 2.24) is 20.6 Å². The van der Waals surface area contributed by atoms with E-state index in [-0.39, 0.29) is 5.82 Å². The zero-order valence-corrected chi connectivity index (χ0v) is 12.1. The summed E-state index contributed by atoms with van der Waals surface area (Å²) in [6.45, 7) is 0. The molecule has 2 aromatic rings. The van der Waals surface area contributed by atoms with Crippen molar-refractivity contribution in [2.45, 2.75) is 25.7 Å². The number of tetrazole rings is 1. The Morgan fingerprint density at radius 3 is 2.86 bits per heavy atom. The molecule has 8 nitrogen and oxygen atoms in total. The number of H-pyrrole nitrogens is 1. The first-order valence-corrected chi connectivity index (χ1v) is 7.30. The van der Waals surface area contributed by atoms with E-state index < -0.39 is 11.9 Å². The van der Waals surface area contributed by atoms with Gasteiger partial charge in [-0.05, 0) is 36.5 Å². The average molecular weight is 307 g/mol. The zero-order chi connectivity index (χ0) is 14.8. The predicted molar refractivity (Wildman–Crippen MR) is 74.4 cm³/mol. The number of aromatic amines is 1. The van der Waals surface area contributed by atoms with Gasteiger partial charge in [0.2, 0.25) is 0 Å². The summed E-state index contributed by atoms with van der Waals surface area (Å²) < 4.78 is 4.84. The molecule has 0 spiro atoms. The minimum Gasteiger partial charge on any atom is -0.465 e. The Hall–Kier alpha value is -2.29. The maximum absolute atomic E-state index is 12.0. The molecule has 3 rings (SSSR count). The molecule has 0 aliphatic heterocycles. The number of methoxy groups -OCH3 is 1. The van der Waals surface area contributed by atoms with Crippen LogP contribution in [0, 0.1) is 0 Å². The molecule has 2 heterocycles. The second kappa shape index (κ2) is 5.60. The molecule has 2 N–H and O–H groups in total. The van der Waals surface area contributed by atoms with E-state index in [0.717, 1.165) is 36.1 Å². The molecule has 0 fully saturated rings. The summed E-state index contributed by atoms with van der Waals surface area (Å²) in [6, 6.07) is 0. The number of amides is 1. The Morgan fingerprint density at radius 2 is 2.14 bits per heavy atom. The molecule has 9 heteroatoms. The van der Waals surface area contributed by atoms with Crippen LogP contribution in [0.1, 0.15) is 44.3 Å². The summed E-state index contributed by atoms with van der Waals surface area (Å²) in [4.78, 5) is 25.2. The fourth-order valence-corrected chi connectivity index (χ4v) is 3.66. The smallest absolute Gasteiger partial charge is 0.341 e. The van der Waals surface area contributed by atoms with Crippen LogP contribution in [0.2, 0.25) is 0 Å². The molecule has 0 aromatic carbocycles. The van der Waals surface area contributed by atoms with Gasteiger partial charge in [-0.2, -0.15) is 5.21 Å². The fraction of sp³-hybridized carbons (Fsp3) is 0.417. The number of esters is 1. The molecule has 2 aromatic heterocycles. The largest absolute Gasteiger partial charge is 0.465 e. The van der Waals surface area contributed by atoms with Gasteiger partial charge < -0.3 is 10.1 Å². The number of fused-ring (bicyclic) bond motifs is 1. The van der Waals surface area contributed by atoms with Crippen LogP contribution in [0.25, 0.3) is 0 Å². The monoisotopic (exact) mass is 307 g/mol. The second-order valence-electron chi connectivity index (χ2n) is 4.60. The molecule has 0 bridgehead atoms. The lowest BCUT2D eigenvalue weighted by molar-refractivity contribution is 0.0601. The summed E-state index contributed by atoms with van der Waals surface area (Å²) in [7, 11) is 1.33. The highest BCUT2D eigenvalue weighted by Crippen LogP contribution is 2.38. The van der Waals surface area contributed by atoms with Gasteiger partial charge in [-0.3, -0.25) is 4.79 Å². The fourth-order valence-electron chi connectivity index (χ4n) is 2.39. The third kappa shape index (κ3) is 2.51. The Labute approximate surface area is 123 Å². The standard InChI is InChI=1S/C12H13N5O3S/c1-20-12(19)8-6-4-2-3-5-7(6)21-11(8)13-10(18)9-14-16-17-15-9/h2-5H2,1H3,(H,13,18)(H,14,15,16,17). The molecule has 0 atom stereocenters. The number of rotatable bonds is 3. The molecule has 0 radical (unpaired) electrons. The van der Waals surface area contributed by atoms with Crippen LogP contribution >= 0.6 is 11.3 Å². The van der Waals surface area contributed by atoms with Crippen LogP contribution in [0.3, 0.4) is 0 Å². The van der Waals surface area contributed by atoms with Crippen molar-refractivity contribution < 1.29 is 14.3 Å². The van der Waals surface area contributed by atoms with Crippen LogP contribution in [-0.4, -0.2) is 39.6 Å². The van der Waals surface area contributed by atoms with Crippen molar-refractivity contribution in [2.24, 2.45) is 0 Å². The first-order valence-electron chi connectivity index (χ1n) is 6.48. The second-order valence-corrected chi connectivity index (χ2v) is 5.70. The van der Waals surface area contributed by atoms with Crippen molar-refractivity contribution in [3.8, 4) is 0 Å². The number of anilines is 1. The Morgan fingerprint density at radius 1 is 1.33 bits per heavy atom. The number of carbonyl (C=O) groups excluding carboxylic acids is 2. The van der Waals surface area contributed by atoms with Crippen molar-refractivity contribution in [1.29, 1.82) is 0 Å². The van der Waals surface area contributed by atoms with E-state index in [1.54, 1.807) is 0 Å². The molecule has 1 amide bonds. The van der Waals surface area contributed by atoms with Gasteiger partial charge in [0.25, 0.3) is 11.7 Å². The summed E-state index contributed by atoms with van der Waals surface area (Å²) in [6.07, 6.45) is 3.87. The number of aromatic nitrogens is 4. The van der Waals surface area contributed by atoms with Crippen LogP contribution in [0.15, 0.2) is 0 Å². The molecule has 21 heavy (non-hydrogen) atoms. The summed E-state index contributed by atoms with van der Waals surface area (Å²) >= 11 is 1.41. The van der Waals surface area contributed by atoms with Crippen molar-refractivity contribution in [2.75, 3.05) is 12.4 Å². The van der Waals surface area contributed by atoms with E-state index in [2.05, 4.69) is 25.9 Å². The summed E-state index contributed by atoms with van der Waals surface area (Å²) in [5.74, 6) is -1.01. The molecule has 1 aliphatic carbocycles. The molecule has 0 saturated heterocycles. The van der Waals surface area contributed by atoms with Crippen LogP contribution in [0.4, 0.5) is 5.00 Å². The third-order valence-electron chi connectivity index (χ3n) is 3.34. The van der Waals surface area contributed by atoms with Crippen molar-refractivity contribution in [3.05, 3.63) is 21.8 Å². The summed E-state index contributed by atoms with van der Waals surface area (Å²) in [5, 5.41) is 16.0. The highest BCUT2D eigenvalue weighted by molar-refractivity contribution is 7.17. The number of nitrogens with one attached hydrogen (secondary N) is 2. The molecule has 0 saturated carbocycles. The average Bonchev–Trinajstić information content (AvgIpc) is 3.13. The van der Waals surface area contributed by atoms with Gasteiger partial charge in [0.1, 0.15) is 5.00 Å². The lowest BCUT2D eigenvalue weighted by Crippen LogP contribution is -2.16. The minimum atomic E-state index is -0.507. The number of aryl methyl sites for hydroxylation is 1. The van der Waals surface area contributed by atoms with Gasteiger partial charge in [0.15, 0.2) is 0 Å². The number of thiophene rings is 1. The molecule has 1 aliphatic rings. The van der Waals surface area contributed by atoms with E-state index in [1.807, 2.05) is 0 Å². The first-order chi connectivity index (χ1) is 10.2. The molecule has 110 valence electrons. The third-order valence-corrected chi connectivity index (χ3v) is 4.54. The van der Waals surface area contributed by atoms with Crippen LogP contribution in [0.5, 0.6) is 0 Å². The lowest BCUT2D eigenvalue weighted by atomic mass is 9.95. The SMILES string of the molecule is COC(=O)c1c(NC(=O)c2nn[nH]n2)sc2c1CCCC2. The van der Waals surface area contributed by atoms with Gasteiger partial charge in [-0.1, -0.05) is 0 Å². The predicted octanol–water partition coefficient (Wildman–Crippen LogP) is 1.18. The topological polar surface area (TPSA) is 110 Å². The van der Waals surface area contributed by atoms with E-state index >= 15 is 0 Å². The Kier molecular flexibility index (Phi) is 3.65. The quantitative estimate of drug-likeness (QED) is 0.824. The first kappa shape index (κ1) is 13.7. The zero-order valence-electron chi connectivity index (χ0n) is 11.3. The van der Waals surface area contributed by atoms with Crippen LogP contribution < -0.4 is 5.32 Å². The Bertz CT molecular complexity index is 679. The number of hydrogen-bond acceptors (Lipinski definition) is 7. The van der Waals surface area contributed by atoms with Gasteiger partial charge in [0, 0.05) is 4.88 Å². The number of hydrogen-bond donors (Lipinski definition) is 2. The van der Waals surface area contributed by atoms with E-state index in [1.165, 1.54) is 18.4 Å². The highest BCUT2D eigenvalue weighted by Gasteiger charge is 2.27. The minimum absolute atomic E-state index is 0.0720. The van der Waals surface area contributed by atoms with Crippen molar-refractivity contribution in [3.63, 3.8) is 0 Å². The Balaban J connectivity index is 1.95.